The summed E-state index contributed by atoms with van der Waals surface area (Å²) in [5.41, 5.74) is 1.07. The minimum absolute atomic E-state index is 0.493. The second kappa shape index (κ2) is 8.21. The third kappa shape index (κ3) is 5.14. The van der Waals surface area contributed by atoms with E-state index in [9.17, 15) is 0 Å². The van der Waals surface area contributed by atoms with E-state index in [2.05, 4.69) is 41.3 Å². The molecule has 18 heavy (non-hydrogen) atoms. The van der Waals surface area contributed by atoms with Gasteiger partial charge in [0.2, 0.25) is 0 Å². The van der Waals surface area contributed by atoms with E-state index in [4.69, 9.17) is 0 Å². The molecular formula is C13H27N5. The molecule has 0 aliphatic rings. The van der Waals surface area contributed by atoms with Gasteiger partial charge in [-0.1, -0.05) is 26.0 Å². The number of rotatable bonds is 9. The van der Waals surface area contributed by atoms with Crippen LogP contribution in [0.15, 0.2) is 6.20 Å². The fraction of sp³-hybridized carbons (Fsp3) is 0.846. The molecule has 0 radical (unpaired) electrons. The number of nitrogens with one attached hydrogen (secondary N) is 1. The Kier molecular flexibility index (Phi) is 6.90. The SMILES string of the molecule is CCNC(CCN(CC)CC)Cc1cn(C)nn1. The predicted octanol–water partition coefficient (Wildman–Crippen LogP) is 1.07. The van der Waals surface area contributed by atoms with Gasteiger partial charge in [0.05, 0.1) is 5.69 Å². The molecule has 1 N–H and O–H groups in total. The zero-order chi connectivity index (χ0) is 13.4. The second-order valence-corrected chi connectivity index (χ2v) is 4.66. The maximum absolute atomic E-state index is 4.16. The molecule has 1 atom stereocenters. The highest BCUT2D eigenvalue weighted by Crippen LogP contribution is 2.04. The first-order valence-corrected chi connectivity index (χ1v) is 7.00. The zero-order valence-corrected chi connectivity index (χ0v) is 12.2. The van der Waals surface area contributed by atoms with E-state index in [0.29, 0.717) is 6.04 Å². The van der Waals surface area contributed by atoms with Crippen molar-refractivity contribution < 1.29 is 0 Å². The number of hydrogen-bond donors (Lipinski definition) is 1. The lowest BCUT2D eigenvalue weighted by Gasteiger charge is -2.22. The Bertz CT molecular complexity index is 319. The lowest BCUT2D eigenvalue weighted by molar-refractivity contribution is 0.280. The van der Waals surface area contributed by atoms with Gasteiger partial charge >= 0.3 is 0 Å². The quantitative estimate of drug-likeness (QED) is 0.715. The average Bonchev–Trinajstić information content (AvgIpc) is 2.76. The molecule has 1 heterocycles. The normalized spacial score (nSPS) is 13.2. The van der Waals surface area contributed by atoms with E-state index in [1.807, 2.05) is 13.2 Å². The fourth-order valence-electron chi connectivity index (χ4n) is 2.18. The van der Waals surface area contributed by atoms with Gasteiger partial charge in [-0.05, 0) is 32.6 Å². The van der Waals surface area contributed by atoms with Crippen LogP contribution in [0.25, 0.3) is 0 Å². The van der Waals surface area contributed by atoms with Crippen LogP contribution >= 0.6 is 0 Å². The molecule has 0 spiro atoms. The van der Waals surface area contributed by atoms with Crippen LogP contribution in [0.4, 0.5) is 0 Å². The number of nitrogens with zero attached hydrogens (tertiary/aromatic N) is 4. The van der Waals surface area contributed by atoms with Crippen LogP contribution in [0.5, 0.6) is 0 Å². The van der Waals surface area contributed by atoms with Gasteiger partial charge in [-0.3, -0.25) is 4.68 Å². The van der Waals surface area contributed by atoms with E-state index in [0.717, 1.165) is 44.7 Å². The molecule has 0 bridgehead atoms. The van der Waals surface area contributed by atoms with E-state index >= 15 is 0 Å². The Labute approximate surface area is 111 Å². The Morgan fingerprint density at radius 3 is 2.56 bits per heavy atom. The number of likely N-dealkylation sites (N-methyl/N-ethyl adjacent to an activating group) is 1. The highest BCUT2D eigenvalue weighted by Gasteiger charge is 2.12. The summed E-state index contributed by atoms with van der Waals surface area (Å²) >= 11 is 0. The molecule has 1 unspecified atom stereocenters. The molecule has 1 rings (SSSR count). The van der Waals surface area contributed by atoms with Crippen LogP contribution in [0.1, 0.15) is 32.9 Å². The molecule has 0 amide bonds. The summed E-state index contributed by atoms with van der Waals surface area (Å²) in [6.45, 7) is 11.0. The van der Waals surface area contributed by atoms with Gasteiger partial charge in [0.25, 0.3) is 0 Å². The van der Waals surface area contributed by atoms with Gasteiger partial charge in [-0.25, -0.2) is 0 Å². The third-order valence-corrected chi connectivity index (χ3v) is 3.29. The summed E-state index contributed by atoms with van der Waals surface area (Å²) in [4.78, 5) is 2.46. The first kappa shape index (κ1) is 15.1. The molecule has 1 aromatic rings. The molecule has 0 saturated carbocycles. The maximum Gasteiger partial charge on any atom is 0.0842 e. The average molecular weight is 253 g/mol. The highest BCUT2D eigenvalue weighted by molar-refractivity contribution is 4.95. The van der Waals surface area contributed by atoms with Gasteiger partial charge in [-0.2, -0.15) is 0 Å². The van der Waals surface area contributed by atoms with Crippen LogP contribution in [-0.2, 0) is 13.5 Å². The van der Waals surface area contributed by atoms with Crippen LogP contribution in [0.3, 0.4) is 0 Å². The number of aromatic nitrogens is 3. The molecule has 0 aliphatic heterocycles. The van der Waals surface area contributed by atoms with Crippen LogP contribution in [0, 0.1) is 0 Å². The molecule has 0 fully saturated rings. The second-order valence-electron chi connectivity index (χ2n) is 4.66. The zero-order valence-electron chi connectivity index (χ0n) is 12.2. The van der Waals surface area contributed by atoms with Crippen molar-refractivity contribution in [2.45, 2.75) is 39.7 Å². The topological polar surface area (TPSA) is 46.0 Å². The van der Waals surface area contributed by atoms with Crippen molar-refractivity contribution in [2.75, 3.05) is 26.2 Å². The minimum Gasteiger partial charge on any atom is -0.314 e. The van der Waals surface area contributed by atoms with Crippen molar-refractivity contribution in [3.63, 3.8) is 0 Å². The van der Waals surface area contributed by atoms with Crippen LogP contribution in [-0.4, -0.2) is 52.1 Å². The molecule has 0 saturated heterocycles. The summed E-state index contributed by atoms with van der Waals surface area (Å²) in [6, 6.07) is 0.493. The van der Waals surface area contributed by atoms with Crippen molar-refractivity contribution in [2.24, 2.45) is 7.05 Å². The smallest absolute Gasteiger partial charge is 0.0842 e. The largest absolute Gasteiger partial charge is 0.314 e. The van der Waals surface area contributed by atoms with Crippen molar-refractivity contribution in [1.29, 1.82) is 0 Å². The molecule has 0 aliphatic carbocycles. The van der Waals surface area contributed by atoms with Gasteiger partial charge in [-0.15, -0.1) is 5.10 Å². The van der Waals surface area contributed by atoms with E-state index in [1.165, 1.54) is 0 Å². The van der Waals surface area contributed by atoms with Crippen LogP contribution < -0.4 is 5.32 Å². The summed E-state index contributed by atoms with van der Waals surface area (Å²) in [5.74, 6) is 0. The highest BCUT2D eigenvalue weighted by atomic mass is 15.4. The van der Waals surface area contributed by atoms with Crippen LogP contribution in [0.2, 0.25) is 0 Å². The lowest BCUT2D eigenvalue weighted by atomic mass is 10.1. The Hall–Kier alpha value is -0.940. The molecule has 1 aromatic heterocycles. The van der Waals surface area contributed by atoms with Crippen molar-refractivity contribution in [3.05, 3.63) is 11.9 Å². The van der Waals surface area contributed by atoms with E-state index in [-0.39, 0.29) is 0 Å². The standard InChI is InChI=1S/C13H27N5/c1-5-14-12(8-9-18(6-2)7-3)10-13-11-17(4)16-15-13/h11-12,14H,5-10H2,1-4H3. The Morgan fingerprint density at radius 1 is 1.33 bits per heavy atom. The third-order valence-electron chi connectivity index (χ3n) is 3.29. The fourth-order valence-corrected chi connectivity index (χ4v) is 2.18. The summed E-state index contributed by atoms with van der Waals surface area (Å²) in [6.07, 6.45) is 4.12. The van der Waals surface area contributed by atoms with Gasteiger partial charge in [0.1, 0.15) is 0 Å². The predicted molar refractivity (Wildman–Crippen MR) is 74.6 cm³/mol. The van der Waals surface area contributed by atoms with E-state index < -0.39 is 0 Å². The summed E-state index contributed by atoms with van der Waals surface area (Å²) in [7, 11) is 1.91. The first-order valence-electron chi connectivity index (χ1n) is 7.00. The Balaban J connectivity index is 2.44. The van der Waals surface area contributed by atoms with Gasteiger partial charge in [0, 0.05) is 25.7 Å². The molecular weight excluding hydrogens is 226 g/mol. The first-order chi connectivity index (χ1) is 8.69. The molecule has 5 heteroatoms. The van der Waals surface area contributed by atoms with E-state index in [1.54, 1.807) is 4.68 Å². The Morgan fingerprint density at radius 2 is 2.06 bits per heavy atom. The summed E-state index contributed by atoms with van der Waals surface area (Å²) < 4.78 is 1.77. The maximum atomic E-state index is 4.16. The van der Waals surface area contributed by atoms with Crippen molar-refractivity contribution >= 4 is 0 Å². The number of aryl methyl sites for hydroxylation is 1. The lowest BCUT2D eigenvalue weighted by Crippen LogP contribution is -2.35. The van der Waals surface area contributed by atoms with Crippen molar-refractivity contribution in [3.8, 4) is 0 Å². The molecule has 104 valence electrons. The molecule has 0 aromatic carbocycles. The molecule has 5 nitrogen and oxygen atoms in total. The van der Waals surface area contributed by atoms with Crippen molar-refractivity contribution in [1.82, 2.24) is 25.2 Å². The van der Waals surface area contributed by atoms with Gasteiger partial charge in [0.15, 0.2) is 0 Å². The minimum atomic E-state index is 0.493. The van der Waals surface area contributed by atoms with Gasteiger partial charge < -0.3 is 10.2 Å². The summed E-state index contributed by atoms with van der Waals surface area (Å²) in [5, 5.41) is 11.7. The monoisotopic (exact) mass is 253 g/mol. The number of hydrogen-bond acceptors (Lipinski definition) is 4.